The lowest BCUT2D eigenvalue weighted by Gasteiger charge is -2.03. The molecule has 0 radical (unpaired) electrons. The molecule has 1 heterocycles. The number of carbonyl (C=O) groups is 2. The number of thiophene rings is 1. The number of benzene rings is 2. The van der Waals surface area contributed by atoms with Gasteiger partial charge < -0.3 is 4.74 Å². The van der Waals surface area contributed by atoms with Crippen LogP contribution in [0.3, 0.4) is 0 Å². The molecule has 3 aromatic rings. The van der Waals surface area contributed by atoms with Gasteiger partial charge in [-0.05, 0) is 24.3 Å². The molecular weight excluding hydrogens is 349 g/mol. The number of fused-ring (bicyclic) bond motifs is 1. The molecule has 0 unspecified atom stereocenters. The van der Waals surface area contributed by atoms with E-state index in [0.29, 0.717) is 10.1 Å². The highest BCUT2D eigenvalue weighted by Gasteiger charge is 2.16. The van der Waals surface area contributed by atoms with E-state index in [4.69, 9.17) is 4.74 Å². The van der Waals surface area contributed by atoms with Gasteiger partial charge >= 0.3 is 5.97 Å². The molecule has 1 aromatic heterocycles. The number of nitro benzene ring substituents is 1. The molecule has 0 fully saturated rings. The Labute approximate surface area is 144 Å². The number of rotatable bonds is 5. The normalized spacial score (nSPS) is 10.6. The first kappa shape index (κ1) is 16.7. The SMILES string of the molecule is O=C(COC(=O)c1cc2cc([N+](=O)[O-])ccc2s1)c1cccc(F)c1. The Morgan fingerprint density at radius 1 is 1.16 bits per heavy atom. The maximum Gasteiger partial charge on any atom is 0.348 e. The Balaban J connectivity index is 1.72. The Kier molecular flexibility index (Phi) is 4.53. The van der Waals surface area contributed by atoms with Crippen molar-refractivity contribution in [2.45, 2.75) is 0 Å². The van der Waals surface area contributed by atoms with Gasteiger partial charge in [-0.25, -0.2) is 9.18 Å². The fourth-order valence-corrected chi connectivity index (χ4v) is 3.13. The van der Waals surface area contributed by atoms with E-state index in [9.17, 15) is 24.1 Å². The number of esters is 1. The van der Waals surface area contributed by atoms with Crippen molar-refractivity contribution in [1.82, 2.24) is 0 Å². The predicted octanol–water partition coefficient (Wildman–Crippen LogP) is 3.99. The average molecular weight is 359 g/mol. The molecule has 0 aliphatic rings. The molecule has 25 heavy (non-hydrogen) atoms. The summed E-state index contributed by atoms with van der Waals surface area (Å²) in [6.45, 7) is -0.517. The lowest BCUT2D eigenvalue weighted by atomic mass is 10.1. The van der Waals surface area contributed by atoms with Crippen molar-refractivity contribution in [3.8, 4) is 0 Å². The maximum absolute atomic E-state index is 13.1. The molecule has 126 valence electrons. The second kappa shape index (κ2) is 6.78. The average Bonchev–Trinajstić information content (AvgIpc) is 3.02. The molecule has 0 aliphatic carbocycles. The summed E-state index contributed by atoms with van der Waals surface area (Å²) < 4.78 is 18.7. The summed E-state index contributed by atoms with van der Waals surface area (Å²) in [7, 11) is 0. The highest BCUT2D eigenvalue weighted by atomic mass is 32.1. The maximum atomic E-state index is 13.1. The van der Waals surface area contributed by atoms with Crippen molar-refractivity contribution in [1.29, 1.82) is 0 Å². The second-order valence-electron chi connectivity index (χ2n) is 5.10. The zero-order chi connectivity index (χ0) is 18.0. The van der Waals surface area contributed by atoms with Gasteiger partial charge in [-0.2, -0.15) is 0 Å². The van der Waals surface area contributed by atoms with Crippen molar-refractivity contribution in [2.75, 3.05) is 6.61 Å². The quantitative estimate of drug-likeness (QED) is 0.297. The number of halogens is 1. The number of ketones is 1. The third kappa shape index (κ3) is 3.69. The number of nitro groups is 1. The smallest absolute Gasteiger partial charge is 0.348 e. The number of Topliss-reactive ketones (excluding diaryl/α,β-unsaturated/α-hetero) is 1. The largest absolute Gasteiger partial charge is 0.453 e. The van der Waals surface area contributed by atoms with Crippen LogP contribution < -0.4 is 0 Å². The third-order valence-corrected chi connectivity index (χ3v) is 4.49. The summed E-state index contributed by atoms with van der Waals surface area (Å²) in [5.41, 5.74) is 0.0336. The summed E-state index contributed by atoms with van der Waals surface area (Å²) in [5, 5.41) is 11.3. The molecule has 0 saturated heterocycles. The lowest BCUT2D eigenvalue weighted by molar-refractivity contribution is -0.384. The van der Waals surface area contributed by atoms with Crippen molar-refractivity contribution >= 4 is 38.9 Å². The molecular formula is C17H10FNO5S. The standard InChI is InChI=1S/C17H10FNO5S/c18-12-3-1-2-10(6-12)14(20)9-24-17(21)16-8-11-7-13(19(22)23)4-5-15(11)25-16/h1-8H,9H2. The van der Waals surface area contributed by atoms with Crippen LogP contribution in [0.1, 0.15) is 20.0 Å². The number of hydrogen-bond acceptors (Lipinski definition) is 6. The highest BCUT2D eigenvalue weighted by Crippen LogP contribution is 2.29. The van der Waals surface area contributed by atoms with Gasteiger partial charge in [0.15, 0.2) is 12.4 Å². The van der Waals surface area contributed by atoms with Gasteiger partial charge in [0.05, 0.1) is 4.92 Å². The van der Waals surface area contributed by atoms with Crippen LogP contribution in [0.5, 0.6) is 0 Å². The molecule has 8 heteroatoms. The van der Waals surface area contributed by atoms with Crippen LogP contribution in [-0.2, 0) is 4.74 Å². The van der Waals surface area contributed by atoms with E-state index in [0.717, 1.165) is 17.4 Å². The number of carbonyl (C=O) groups excluding carboxylic acids is 2. The van der Waals surface area contributed by atoms with E-state index in [-0.39, 0.29) is 16.1 Å². The summed E-state index contributed by atoms with van der Waals surface area (Å²) in [4.78, 5) is 34.5. The number of non-ortho nitro benzene ring substituents is 1. The lowest BCUT2D eigenvalue weighted by Crippen LogP contribution is -2.13. The molecule has 3 rings (SSSR count). The van der Waals surface area contributed by atoms with E-state index in [1.54, 1.807) is 6.07 Å². The van der Waals surface area contributed by atoms with Crippen LogP contribution in [0.25, 0.3) is 10.1 Å². The van der Waals surface area contributed by atoms with E-state index in [2.05, 4.69) is 0 Å². The Hall–Kier alpha value is -3.13. The van der Waals surface area contributed by atoms with Gasteiger partial charge in [0, 0.05) is 27.8 Å². The van der Waals surface area contributed by atoms with Crippen LogP contribution in [0.15, 0.2) is 48.5 Å². The van der Waals surface area contributed by atoms with Gasteiger partial charge in [-0.15, -0.1) is 11.3 Å². The fourth-order valence-electron chi connectivity index (χ4n) is 2.19. The zero-order valence-electron chi connectivity index (χ0n) is 12.6. The van der Waals surface area contributed by atoms with Gasteiger partial charge in [0.1, 0.15) is 10.7 Å². The summed E-state index contributed by atoms with van der Waals surface area (Å²) in [6, 6.07) is 10.8. The molecule has 0 amide bonds. The molecule has 0 atom stereocenters. The molecule has 2 aromatic carbocycles. The molecule has 0 bridgehead atoms. The fraction of sp³-hybridized carbons (Fsp3) is 0.0588. The number of ether oxygens (including phenoxy) is 1. The van der Waals surface area contributed by atoms with E-state index >= 15 is 0 Å². The highest BCUT2D eigenvalue weighted by molar-refractivity contribution is 7.20. The third-order valence-electron chi connectivity index (χ3n) is 3.39. The van der Waals surface area contributed by atoms with Crippen LogP contribution in [0.2, 0.25) is 0 Å². The van der Waals surface area contributed by atoms with Crippen molar-refractivity contribution in [3.05, 3.63) is 74.9 Å². The van der Waals surface area contributed by atoms with Crippen LogP contribution in [-0.4, -0.2) is 23.3 Å². The van der Waals surface area contributed by atoms with Crippen molar-refractivity contribution < 1.29 is 23.6 Å². The van der Waals surface area contributed by atoms with Gasteiger partial charge in [0.2, 0.25) is 0 Å². The second-order valence-corrected chi connectivity index (χ2v) is 6.18. The minimum Gasteiger partial charge on any atom is -0.453 e. The first-order valence-corrected chi connectivity index (χ1v) is 7.89. The van der Waals surface area contributed by atoms with E-state index < -0.39 is 29.1 Å². The molecule has 0 aliphatic heterocycles. The molecule has 6 nitrogen and oxygen atoms in total. The van der Waals surface area contributed by atoms with Crippen LogP contribution >= 0.6 is 11.3 Å². The Morgan fingerprint density at radius 3 is 2.68 bits per heavy atom. The first-order chi connectivity index (χ1) is 11.9. The van der Waals surface area contributed by atoms with Gasteiger partial charge in [-0.3, -0.25) is 14.9 Å². The minimum atomic E-state index is -0.714. The minimum absolute atomic E-state index is 0.0773. The van der Waals surface area contributed by atoms with Gasteiger partial charge in [-0.1, -0.05) is 12.1 Å². The topological polar surface area (TPSA) is 86.5 Å². The molecule has 0 saturated carbocycles. The first-order valence-electron chi connectivity index (χ1n) is 7.08. The predicted molar refractivity (Wildman–Crippen MR) is 89.5 cm³/mol. The molecule has 0 spiro atoms. The number of hydrogen-bond donors (Lipinski definition) is 0. The van der Waals surface area contributed by atoms with E-state index in [1.807, 2.05) is 0 Å². The monoisotopic (exact) mass is 359 g/mol. The van der Waals surface area contributed by atoms with Gasteiger partial charge in [0.25, 0.3) is 5.69 Å². The van der Waals surface area contributed by atoms with Crippen molar-refractivity contribution in [2.24, 2.45) is 0 Å². The van der Waals surface area contributed by atoms with E-state index in [1.165, 1.54) is 36.4 Å². The summed E-state index contributed by atoms with van der Waals surface area (Å²) >= 11 is 1.11. The summed E-state index contributed by atoms with van der Waals surface area (Å²) in [6.07, 6.45) is 0. The molecule has 0 N–H and O–H groups in total. The Morgan fingerprint density at radius 2 is 1.96 bits per heavy atom. The van der Waals surface area contributed by atoms with Crippen LogP contribution in [0, 0.1) is 15.9 Å². The number of nitrogens with zero attached hydrogens (tertiary/aromatic N) is 1. The Bertz CT molecular complexity index is 998. The summed E-state index contributed by atoms with van der Waals surface area (Å²) in [5.74, 6) is -1.79. The van der Waals surface area contributed by atoms with Crippen molar-refractivity contribution in [3.63, 3.8) is 0 Å². The van der Waals surface area contributed by atoms with Crippen LogP contribution in [0.4, 0.5) is 10.1 Å². The zero-order valence-corrected chi connectivity index (χ0v) is 13.4.